The molecule has 3 aromatic rings. The molecule has 0 saturated carbocycles. The molecule has 20 heavy (non-hydrogen) atoms. The lowest BCUT2D eigenvalue weighted by Crippen LogP contribution is -1.95. The summed E-state index contributed by atoms with van der Waals surface area (Å²) in [5.41, 5.74) is 1.02. The lowest BCUT2D eigenvalue weighted by atomic mass is 9.94. The highest BCUT2D eigenvalue weighted by molar-refractivity contribution is 6.17. The first-order chi connectivity index (χ1) is 9.80. The molecule has 0 aromatic heterocycles. The van der Waals surface area contributed by atoms with E-state index < -0.39 is 0 Å². The average molecular weight is 264 g/mol. The molecule has 0 radical (unpaired) electrons. The summed E-state index contributed by atoms with van der Waals surface area (Å²) in [6.45, 7) is 0. The maximum absolute atomic E-state index is 11.5. The molecule has 0 unspecified atom stereocenters. The molecule has 3 nitrogen and oxygen atoms in total. The third kappa shape index (κ3) is 1.67. The third-order valence-electron chi connectivity index (χ3n) is 3.52. The summed E-state index contributed by atoms with van der Waals surface area (Å²) in [6.07, 6.45) is 1.57. The predicted octanol–water partition coefficient (Wildman–Crippen LogP) is 3.63. The molecule has 0 aliphatic carbocycles. The minimum atomic E-state index is 0.494. The van der Waals surface area contributed by atoms with E-state index in [0.29, 0.717) is 22.3 Å². The van der Waals surface area contributed by atoms with E-state index in [1.807, 2.05) is 30.3 Å². The number of carbonyl (C=O) groups is 2. The van der Waals surface area contributed by atoms with Gasteiger partial charge in [0.15, 0.2) is 12.6 Å². The van der Waals surface area contributed by atoms with Gasteiger partial charge in [0.05, 0.1) is 7.11 Å². The Morgan fingerprint density at radius 2 is 1.75 bits per heavy atom. The number of methoxy groups -OCH3 is 1. The van der Waals surface area contributed by atoms with E-state index in [1.165, 1.54) is 0 Å². The number of ether oxygens (including phenoxy) is 1. The second-order valence-corrected chi connectivity index (χ2v) is 4.53. The summed E-state index contributed by atoms with van der Waals surface area (Å²) in [5, 5.41) is 3.21. The summed E-state index contributed by atoms with van der Waals surface area (Å²) in [4.78, 5) is 22.8. The Bertz CT molecular complexity index is 834. The Labute approximate surface area is 115 Å². The van der Waals surface area contributed by atoms with Crippen LogP contribution in [0.25, 0.3) is 21.5 Å². The summed E-state index contributed by atoms with van der Waals surface area (Å²) < 4.78 is 5.34. The number of fused-ring (bicyclic) bond motifs is 2. The van der Waals surface area contributed by atoms with E-state index >= 15 is 0 Å². The molecule has 0 aliphatic heterocycles. The fraction of sp³-hybridized carbons (Fsp3) is 0.0588. The Balaban J connectivity index is 2.63. The smallest absolute Gasteiger partial charge is 0.151 e. The van der Waals surface area contributed by atoms with E-state index in [2.05, 4.69) is 0 Å². The van der Waals surface area contributed by atoms with Gasteiger partial charge in [-0.3, -0.25) is 9.59 Å². The molecule has 0 atom stereocenters. The standard InChI is InChI=1S/C17H12O3/c1-20-16-7-6-12(9-18)17-14(16)8-11-4-2-3-5-13(11)15(17)10-19/h2-10H,1H3. The lowest BCUT2D eigenvalue weighted by Gasteiger charge is -2.12. The second-order valence-electron chi connectivity index (χ2n) is 4.53. The molecule has 0 aliphatic rings. The lowest BCUT2D eigenvalue weighted by molar-refractivity contribution is 0.112. The first-order valence-corrected chi connectivity index (χ1v) is 6.23. The number of aldehydes is 2. The molecule has 0 spiro atoms. The number of carbonyl (C=O) groups excluding carboxylic acids is 2. The number of hydrogen-bond acceptors (Lipinski definition) is 3. The maximum Gasteiger partial charge on any atom is 0.151 e. The first kappa shape index (κ1) is 12.4. The van der Waals surface area contributed by atoms with Gasteiger partial charge in [0.1, 0.15) is 5.75 Å². The molecular formula is C17H12O3. The van der Waals surface area contributed by atoms with Crippen LogP contribution in [0.1, 0.15) is 20.7 Å². The number of benzene rings is 3. The van der Waals surface area contributed by atoms with Crippen molar-refractivity contribution in [1.29, 1.82) is 0 Å². The zero-order valence-corrected chi connectivity index (χ0v) is 10.9. The molecule has 0 bridgehead atoms. The van der Waals surface area contributed by atoms with Crippen molar-refractivity contribution in [1.82, 2.24) is 0 Å². The maximum atomic E-state index is 11.5. The van der Waals surface area contributed by atoms with Crippen molar-refractivity contribution in [2.45, 2.75) is 0 Å². The molecule has 3 aromatic carbocycles. The zero-order chi connectivity index (χ0) is 14.1. The van der Waals surface area contributed by atoms with Gasteiger partial charge < -0.3 is 4.74 Å². The van der Waals surface area contributed by atoms with Crippen molar-refractivity contribution < 1.29 is 14.3 Å². The van der Waals surface area contributed by atoms with Gasteiger partial charge in [-0.15, -0.1) is 0 Å². The summed E-state index contributed by atoms with van der Waals surface area (Å²) in [5.74, 6) is 0.652. The van der Waals surface area contributed by atoms with Crippen LogP contribution in [-0.2, 0) is 0 Å². The summed E-state index contributed by atoms with van der Waals surface area (Å²) >= 11 is 0. The van der Waals surface area contributed by atoms with Gasteiger partial charge in [-0.1, -0.05) is 24.3 Å². The van der Waals surface area contributed by atoms with Crippen molar-refractivity contribution in [2.75, 3.05) is 7.11 Å². The van der Waals surface area contributed by atoms with Gasteiger partial charge in [0, 0.05) is 21.9 Å². The van der Waals surface area contributed by atoms with Crippen molar-refractivity contribution in [3.05, 3.63) is 53.6 Å². The van der Waals surface area contributed by atoms with Crippen molar-refractivity contribution in [3.8, 4) is 5.75 Å². The van der Waals surface area contributed by atoms with E-state index in [9.17, 15) is 9.59 Å². The normalized spacial score (nSPS) is 10.7. The monoisotopic (exact) mass is 264 g/mol. The molecule has 0 heterocycles. The molecule has 3 rings (SSSR count). The van der Waals surface area contributed by atoms with Crippen LogP contribution >= 0.6 is 0 Å². The van der Waals surface area contributed by atoms with Gasteiger partial charge in [0.25, 0.3) is 0 Å². The van der Waals surface area contributed by atoms with Crippen molar-refractivity contribution in [2.24, 2.45) is 0 Å². The van der Waals surface area contributed by atoms with Crippen LogP contribution in [0, 0.1) is 0 Å². The molecule has 0 N–H and O–H groups in total. The molecule has 0 saturated heterocycles. The molecular weight excluding hydrogens is 252 g/mol. The minimum absolute atomic E-state index is 0.494. The average Bonchev–Trinajstić information content (AvgIpc) is 2.51. The Hall–Kier alpha value is -2.68. The molecule has 3 heteroatoms. The third-order valence-corrected chi connectivity index (χ3v) is 3.52. The van der Waals surface area contributed by atoms with Crippen LogP contribution in [0.4, 0.5) is 0 Å². The Morgan fingerprint density at radius 3 is 2.45 bits per heavy atom. The SMILES string of the molecule is COc1ccc(C=O)c2c(C=O)c3ccccc3cc12. The van der Waals surface area contributed by atoms with Crippen LogP contribution in [0.15, 0.2) is 42.5 Å². The summed E-state index contributed by atoms with van der Waals surface area (Å²) in [6, 6.07) is 13.0. The van der Waals surface area contributed by atoms with E-state index in [0.717, 1.165) is 28.7 Å². The van der Waals surface area contributed by atoms with Crippen LogP contribution in [-0.4, -0.2) is 19.7 Å². The van der Waals surface area contributed by atoms with E-state index in [4.69, 9.17) is 4.74 Å². The topological polar surface area (TPSA) is 43.4 Å². The fourth-order valence-electron chi connectivity index (χ4n) is 2.62. The van der Waals surface area contributed by atoms with Gasteiger partial charge in [-0.05, 0) is 29.0 Å². The zero-order valence-electron chi connectivity index (χ0n) is 10.9. The van der Waals surface area contributed by atoms with E-state index in [-0.39, 0.29) is 0 Å². The Kier molecular flexibility index (Phi) is 2.95. The minimum Gasteiger partial charge on any atom is -0.496 e. The number of hydrogen-bond donors (Lipinski definition) is 0. The summed E-state index contributed by atoms with van der Waals surface area (Å²) in [7, 11) is 1.57. The molecule has 0 amide bonds. The van der Waals surface area contributed by atoms with Gasteiger partial charge >= 0.3 is 0 Å². The van der Waals surface area contributed by atoms with E-state index in [1.54, 1.807) is 19.2 Å². The first-order valence-electron chi connectivity index (χ1n) is 6.23. The largest absolute Gasteiger partial charge is 0.496 e. The highest BCUT2D eigenvalue weighted by Crippen LogP contribution is 2.34. The Morgan fingerprint density at radius 1 is 0.950 bits per heavy atom. The van der Waals surface area contributed by atoms with Gasteiger partial charge in [-0.25, -0.2) is 0 Å². The van der Waals surface area contributed by atoms with Crippen LogP contribution in [0.5, 0.6) is 5.75 Å². The highest BCUT2D eigenvalue weighted by atomic mass is 16.5. The predicted molar refractivity (Wildman–Crippen MR) is 78.8 cm³/mol. The highest BCUT2D eigenvalue weighted by Gasteiger charge is 2.13. The number of rotatable bonds is 3. The molecule has 0 fully saturated rings. The second kappa shape index (κ2) is 4.78. The van der Waals surface area contributed by atoms with Crippen molar-refractivity contribution >= 4 is 34.1 Å². The van der Waals surface area contributed by atoms with Crippen LogP contribution in [0.2, 0.25) is 0 Å². The van der Waals surface area contributed by atoms with Gasteiger partial charge in [-0.2, -0.15) is 0 Å². The van der Waals surface area contributed by atoms with Gasteiger partial charge in [0.2, 0.25) is 0 Å². The quantitative estimate of drug-likeness (QED) is 0.536. The van der Waals surface area contributed by atoms with Crippen molar-refractivity contribution in [3.63, 3.8) is 0 Å². The van der Waals surface area contributed by atoms with Crippen LogP contribution < -0.4 is 4.74 Å². The molecule has 98 valence electrons. The van der Waals surface area contributed by atoms with Crippen LogP contribution in [0.3, 0.4) is 0 Å². The fourth-order valence-corrected chi connectivity index (χ4v) is 2.62.